The Morgan fingerprint density at radius 3 is 2.50 bits per heavy atom. The van der Waals surface area contributed by atoms with E-state index in [9.17, 15) is 8.42 Å². The minimum atomic E-state index is -3.36. The van der Waals surface area contributed by atoms with E-state index < -0.39 is 10.0 Å². The van der Waals surface area contributed by atoms with Crippen molar-refractivity contribution >= 4 is 10.0 Å². The molecular formula is C15H24N2O2S. The van der Waals surface area contributed by atoms with E-state index in [0.29, 0.717) is 23.9 Å². The minimum absolute atomic E-state index is 0.00379. The van der Waals surface area contributed by atoms with Crippen molar-refractivity contribution in [1.82, 2.24) is 9.62 Å². The highest BCUT2D eigenvalue weighted by atomic mass is 32.2. The Morgan fingerprint density at radius 1 is 1.30 bits per heavy atom. The highest BCUT2D eigenvalue weighted by Crippen LogP contribution is 2.20. The fourth-order valence-corrected chi connectivity index (χ4v) is 4.21. The van der Waals surface area contributed by atoms with E-state index in [1.54, 1.807) is 16.4 Å². The van der Waals surface area contributed by atoms with Gasteiger partial charge in [0, 0.05) is 25.7 Å². The van der Waals surface area contributed by atoms with Gasteiger partial charge in [-0.3, -0.25) is 0 Å². The lowest BCUT2D eigenvalue weighted by Crippen LogP contribution is -2.52. The fourth-order valence-electron chi connectivity index (χ4n) is 2.58. The Kier molecular flexibility index (Phi) is 4.83. The van der Waals surface area contributed by atoms with E-state index in [-0.39, 0.29) is 6.04 Å². The number of nitrogens with zero attached hydrogens (tertiary/aromatic N) is 1. The second-order valence-electron chi connectivity index (χ2n) is 5.91. The molecule has 1 N–H and O–H groups in total. The normalized spacial score (nSPS) is 21.3. The molecule has 5 heteroatoms. The fraction of sp³-hybridized carbons (Fsp3) is 0.600. The van der Waals surface area contributed by atoms with Gasteiger partial charge >= 0.3 is 0 Å². The first kappa shape index (κ1) is 15.5. The first-order valence-corrected chi connectivity index (χ1v) is 8.67. The van der Waals surface area contributed by atoms with Crippen LogP contribution in [-0.4, -0.2) is 38.4 Å². The lowest BCUT2D eigenvalue weighted by molar-refractivity contribution is 0.284. The Balaban J connectivity index is 2.21. The molecule has 1 aliphatic heterocycles. The van der Waals surface area contributed by atoms with Gasteiger partial charge in [-0.05, 0) is 37.0 Å². The Bertz CT molecular complexity index is 537. The SMILES string of the molecule is CC(C)Cc1ccc(S(=O)(=O)N2CCNC[C@H]2C)cc1. The van der Waals surface area contributed by atoms with Gasteiger partial charge in [0.2, 0.25) is 10.0 Å². The van der Waals surface area contributed by atoms with Crippen LogP contribution in [0.25, 0.3) is 0 Å². The van der Waals surface area contributed by atoms with Crippen LogP contribution in [0.4, 0.5) is 0 Å². The summed E-state index contributed by atoms with van der Waals surface area (Å²) in [6.45, 7) is 8.23. The molecule has 1 aliphatic rings. The molecule has 4 nitrogen and oxygen atoms in total. The van der Waals surface area contributed by atoms with Gasteiger partial charge < -0.3 is 5.32 Å². The predicted molar refractivity (Wildman–Crippen MR) is 81.2 cm³/mol. The maximum Gasteiger partial charge on any atom is 0.243 e. The second kappa shape index (κ2) is 6.24. The van der Waals surface area contributed by atoms with Crippen LogP contribution in [0.2, 0.25) is 0 Å². The molecule has 112 valence electrons. The van der Waals surface area contributed by atoms with E-state index >= 15 is 0 Å². The van der Waals surface area contributed by atoms with Crippen LogP contribution in [0.15, 0.2) is 29.2 Å². The molecule has 0 unspecified atom stereocenters. The van der Waals surface area contributed by atoms with Crippen molar-refractivity contribution in [3.63, 3.8) is 0 Å². The van der Waals surface area contributed by atoms with Crippen molar-refractivity contribution in [3.05, 3.63) is 29.8 Å². The highest BCUT2D eigenvalue weighted by molar-refractivity contribution is 7.89. The number of hydrogen-bond acceptors (Lipinski definition) is 3. The lowest BCUT2D eigenvalue weighted by Gasteiger charge is -2.32. The third-order valence-corrected chi connectivity index (χ3v) is 5.64. The van der Waals surface area contributed by atoms with Crippen LogP contribution in [0, 0.1) is 5.92 Å². The summed E-state index contributed by atoms with van der Waals surface area (Å²) in [5, 5.41) is 3.21. The third kappa shape index (κ3) is 3.40. The van der Waals surface area contributed by atoms with Gasteiger partial charge in [0.1, 0.15) is 0 Å². The van der Waals surface area contributed by atoms with Gasteiger partial charge in [-0.15, -0.1) is 0 Å². The first-order valence-electron chi connectivity index (χ1n) is 7.23. The molecule has 1 saturated heterocycles. The zero-order valence-corrected chi connectivity index (χ0v) is 13.3. The zero-order chi connectivity index (χ0) is 14.8. The van der Waals surface area contributed by atoms with Gasteiger partial charge in [-0.1, -0.05) is 26.0 Å². The summed E-state index contributed by atoms with van der Waals surface area (Å²) in [5.74, 6) is 0.575. The number of rotatable bonds is 4. The van der Waals surface area contributed by atoms with Gasteiger partial charge in [-0.2, -0.15) is 4.31 Å². The van der Waals surface area contributed by atoms with E-state index in [1.165, 1.54) is 5.56 Å². The summed E-state index contributed by atoms with van der Waals surface area (Å²) in [6.07, 6.45) is 0.977. The van der Waals surface area contributed by atoms with Crippen molar-refractivity contribution < 1.29 is 8.42 Å². The van der Waals surface area contributed by atoms with Crippen LogP contribution < -0.4 is 5.32 Å². The van der Waals surface area contributed by atoms with E-state index in [2.05, 4.69) is 19.2 Å². The molecule has 2 rings (SSSR count). The summed E-state index contributed by atoms with van der Waals surface area (Å²) >= 11 is 0. The predicted octanol–water partition coefficient (Wildman–Crippen LogP) is 1.87. The number of nitrogens with one attached hydrogen (secondary N) is 1. The molecule has 0 aromatic heterocycles. The lowest BCUT2D eigenvalue weighted by atomic mass is 10.0. The Hall–Kier alpha value is -0.910. The van der Waals surface area contributed by atoms with Crippen molar-refractivity contribution in [2.45, 2.75) is 38.1 Å². The van der Waals surface area contributed by atoms with E-state index in [1.807, 2.05) is 19.1 Å². The topological polar surface area (TPSA) is 49.4 Å². The molecule has 0 aliphatic carbocycles. The molecule has 0 saturated carbocycles. The minimum Gasteiger partial charge on any atom is -0.314 e. The molecule has 1 fully saturated rings. The molecule has 1 aromatic carbocycles. The number of benzene rings is 1. The van der Waals surface area contributed by atoms with E-state index in [4.69, 9.17) is 0 Å². The van der Waals surface area contributed by atoms with Crippen LogP contribution in [0.3, 0.4) is 0 Å². The third-order valence-electron chi connectivity index (χ3n) is 3.61. The van der Waals surface area contributed by atoms with Crippen LogP contribution in [-0.2, 0) is 16.4 Å². The summed E-state index contributed by atoms with van der Waals surface area (Å²) in [5.41, 5.74) is 1.19. The Morgan fingerprint density at radius 2 is 1.95 bits per heavy atom. The average Bonchev–Trinajstić information content (AvgIpc) is 2.39. The molecule has 20 heavy (non-hydrogen) atoms. The molecular weight excluding hydrogens is 272 g/mol. The van der Waals surface area contributed by atoms with Crippen molar-refractivity contribution in [2.75, 3.05) is 19.6 Å². The van der Waals surface area contributed by atoms with Gasteiger partial charge in [0.15, 0.2) is 0 Å². The number of piperazine rings is 1. The number of sulfonamides is 1. The average molecular weight is 296 g/mol. The molecule has 1 heterocycles. The highest BCUT2D eigenvalue weighted by Gasteiger charge is 2.30. The quantitative estimate of drug-likeness (QED) is 0.923. The zero-order valence-electron chi connectivity index (χ0n) is 12.5. The number of hydrogen-bond donors (Lipinski definition) is 1. The van der Waals surface area contributed by atoms with Crippen LogP contribution >= 0.6 is 0 Å². The maximum atomic E-state index is 12.6. The molecule has 0 spiro atoms. The standard InChI is InChI=1S/C15H24N2O2S/c1-12(2)10-14-4-6-15(7-5-14)20(18,19)17-9-8-16-11-13(17)3/h4-7,12-13,16H,8-11H2,1-3H3/t13-/m1/s1. The second-order valence-corrected chi connectivity index (χ2v) is 7.80. The molecule has 1 aromatic rings. The first-order chi connectivity index (χ1) is 9.41. The monoisotopic (exact) mass is 296 g/mol. The molecule has 0 bridgehead atoms. The Labute approximate surface area is 122 Å². The summed E-state index contributed by atoms with van der Waals surface area (Å²) in [4.78, 5) is 0.402. The summed E-state index contributed by atoms with van der Waals surface area (Å²) < 4.78 is 26.9. The molecule has 0 radical (unpaired) electrons. The van der Waals surface area contributed by atoms with E-state index in [0.717, 1.165) is 13.0 Å². The molecule has 0 amide bonds. The van der Waals surface area contributed by atoms with Crippen LogP contribution in [0.1, 0.15) is 26.3 Å². The molecule has 1 atom stereocenters. The van der Waals surface area contributed by atoms with Gasteiger partial charge in [-0.25, -0.2) is 8.42 Å². The van der Waals surface area contributed by atoms with Crippen LogP contribution in [0.5, 0.6) is 0 Å². The smallest absolute Gasteiger partial charge is 0.243 e. The van der Waals surface area contributed by atoms with Gasteiger partial charge in [0.25, 0.3) is 0 Å². The van der Waals surface area contributed by atoms with Crippen molar-refractivity contribution in [3.8, 4) is 0 Å². The van der Waals surface area contributed by atoms with Crippen molar-refractivity contribution in [1.29, 1.82) is 0 Å². The largest absolute Gasteiger partial charge is 0.314 e. The summed E-state index contributed by atoms with van der Waals surface area (Å²) in [6, 6.07) is 7.34. The summed E-state index contributed by atoms with van der Waals surface area (Å²) in [7, 11) is -3.36. The van der Waals surface area contributed by atoms with Gasteiger partial charge in [0.05, 0.1) is 4.90 Å². The maximum absolute atomic E-state index is 12.6. The van der Waals surface area contributed by atoms with Crippen molar-refractivity contribution in [2.24, 2.45) is 5.92 Å².